The second kappa shape index (κ2) is 5.89. The Labute approximate surface area is 99.3 Å². The molecule has 0 saturated carbocycles. The number of hydrogen-bond acceptors (Lipinski definition) is 4. The number of carboxylic acids is 1. The van der Waals surface area contributed by atoms with Gasteiger partial charge in [0, 0.05) is 7.05 Å². The van der Waals surface area contributed by atoms with Crippen LogP contribution in [0.4, 0.5) is 0 Å². The SMILES string of the molecule is CCCCC(Sc1nnc(C)n1C)C(=O)O. The van der Waals surface area contributed by atoms with E-state index in [9.17, 15) is 4.79 Å². The standard InChI is InChI=1S/C10H17N3O2S/c1-4-5-6-8(9(14)15)16-10-12-11-7(2)13(10)3/h8H,4-6H2,1-3H3,(H,14,15). The van der Waals surface area contributed by atoms with Gasteiger partial charge >= 0.3 is 5.97 Å². The Hall–Kier alpha value is -1.04. The van der Waals surface area contributed by atoms with Gasteiger partial charge < -0.3 is 9.67 Å². The second-order valence-electron chi connectivity index (χ2n) is 3.68. The Morgan fingerprint density at radius 3 is 2.69 bits per heavy atom. The molecule has 1 heterocycles. The molecule has 6 heteroatoms. The van der Waals surface area contributed by atoms with E-state index in [1.54, 1.807) is 0 Å². The molecule has 0 bridgehead atoms. The topological polar surface area (TPSA) is 68.0 Å². The molecule has 0 spiro atoms. The molecule has 1 aromatic rings. The van der Waals surface area contributed by atoms with Crippen molar-refractivity contribution >= 4 is 17.7 Å². The lowest BCUT2D eigenvalue weighted by Gasteiger charge is -2.10. The number of hydrogen-bond donors (Lipinski definition) is 1. The van der Waals surface area contributed by atoms with Gasteiger partial charge in [0.1, 0.15) is 11.1 Å². The van der Waals surface area contributed by atoms with Gasteiger partial charge in [0.15, 0.2) is 5.16 Å². The summed E-state index contributed by atoms with van der Waals surface area (Å²) < 4.78 is 1.81. The summed E-state index contributed by atoms with van der Waals surface area (Å²) in [4.78, 5) is 11.0. The number of thioether (sulfide) groups is 1. The van der Waals surface area contributed by atoms with E-state index in [2.05, 4.69) is 17.1 Å². The lowest BCUT2D eigenvalue weighted by molar-refractivity contribution is -0.136. The molecule has 0 aliphatic carbocycles. The predicted octanol–water partition coefficient (Wildman–Crippen LogP) is 1.86. The molecule has 90 valence electrons. The first-order valence-corrected chi connectivity index (χ1v) is 6.19. The molecule has 1 unspecified atom stereocenters. The first kappa shape index (κ1) is 13.0. The fourth-order valence-electron chi connectivity index (χ4n) is 1.24. The lowest BCUT2D eigenvalue weighted by Crippen LogP contribution is -2.17. The highest BCUT2D eigenvalue weighted by Gasteiger charge is 2.21. The van der Waals surface area contributed by atoms with Crippen LogP contribution in [0.3, 0.4) is 0 Å². The Kier molecular flexibility index (Phi) is 4.79. The molecule has 0 amide bonds. The van der Waals surface area contributed by atoms with Gasteiger partial charge in [-0.3, -0.25) is 4.79 Å². The van der Waals surface area contributed by atoms with Gasteiger partial charge in [0.2, 0.25) is 0 Å². The van der Waals surface area contributed by atoms with Crippen LogP contribution >= 0.6 is 11.8 Å². The summed E-state index contributed by atoms with van der Waals surface area (Å²) in [7, 11) is 1.84. The summed E-state index contributed by atoms with van der Waals surface area (Å²) in [5, 5.41) is 17.2. The Morgan fingerprint density at radius 1 is 1.56 bits per heavy atom. The van der Waals surface area contributed by atoms with Crippen LogP contribution in [-0.4, -0.2) is 31.1 Å². The average molecular weight is 243 g/mol. The van der Waals surface area contributed by atoms with Gasteiger partial charge in [-0.2, -0.15) is 0 Å². The number of rotatable bonds is 6. The van der Waals surface area contributed by atoms with Gasteiger partial charge in [-0.05, 0) is 13.3 Å². The minimum atomic E-state index is -0.779. The Morgan fingerprint density at radius 2 is 2.25 bits per heavy atom. The first-order chi connectivity index (χ1) is 7.56. The van der Waals surface area contributed by atoms with E-state index in [-0.39, 0.29) is 0 Å². The molecule has 0 radical (unpaired) electrons. The lowest BCUT2D eigenvalue weighted by atomic mass is 10.2. The van der Waals surface area contributed by atoms with E-state index in [0.717, 1.165) is 18.7 Å². The molecule has 0 fully saturated rings. The minimum absolute atomic E-state index is 0.428. The third-order valence-electron chi connectivity index (χ3n) is 2.40. The summed E-state index contributed by atoms with van der Waals surface area (Å²) >= 11 is 1.27. The predicted molar refractivity (Wildman–Crippen MR) is 62.5 cm³/mol. The van der Waals surface area contributed by atoms with E-state index in [4.69, 9.17) is 5.11 Å². The van der Waals surface area contributed by atoms with Crippen molar-refractivity contribution in [3.8, 4) is 0 Å². The van der Waals surface area contributed by atoms with E-state index in [1.165, 1.54) is 11.8 Å². The molecule has 16 heavy (non-hydrogen) atoms. The molecule has 1 N–H and O–H groups in total. The zero-order valence-electron chi connectivity index (χ0n) is 9.80. The zero-order chi connectivity index (χ0) is 12.1. The fourth-order valence-corrected chi connectivity index (χ4v) is 2.26. The molecular formula is C10H17N3O2S. The molecular weight excluding hydrogens is 226 g/mol. The van der Waals surface area contributed by atoms with Crippen LogP contribution in [0.2, 0.25) is 0 Å². The molecule has 1 atom stereocenters. The van der Waals surface area contributed by atoms with E-state index in [0.29, 0.717) is 11.6 Å². The number of unbranched alkanes of at least 4 members (excludes halogenated alkanes) is 1. The quantitative estimate of drug-likeness (QED) is 0.772. The number of carboxylic acid groups (broad SMARTS) is 1. The molecule has 5 nitrogen and oxygen atoms in total. The van der Waals surface area contributed by atoms with Gasteiger partial charge in [-0.1, -0.05) is 31.5 Å². The minimum Gasteiger partial charge on any atom is -0.480 e. The average Bonchev–Trinajstić information content (AvgIpc) is 2.55. The fraction of sp³-hybridized carbons (Fsp3) is 0.700. The van der Waals surface area contributed by atoms with Gasteiger partial charge in [-0.25, -0.2) is 0 Å². The van der Waals surface area contributed by atoms with Crippen LogP contribution in [0.15, 0.2) is 5.16 Å². The van der Waals surface area contributed by atoms with Crippen LogP contribution in [0.5, 0.6) is 0 Å². The largest absolute Gasteiger partial charge is 0.480 e. The highest BCUT2D eigenvalue weighted by molar-refractivity contribution is 8.00. The Balaban J connectivity index is 2.68. The normalized spacial score (nSPS) is 12.7. The van der Waals surface area contributed by atoms with Crippen molar-refractivity contribution in [3.05, 3.63) is 5.82 Å². The van der Waals surface area contributed by atoms with Gasteiger partial charge in [0.05, 0.1) is 0 Å². The van der Waals surface area contributed by atoms with Gasteiger partial charge in [0.25, 0.3) is 0 Å². The highest BCUT2D eigenvalue weighted by Crippen LogP contribution is 2.25. The molecule has 0 aromatic carbocycles. The first-order valence-electron chi connectivity index (χ1n) is 5.31. The summed E-state index contributed by atoms with van der Waals surface area (Å²) in [6, 6.07) is 0. The van der Waals surface area contributed by atoms with Crippen molar-refractivity contribution in [1.29, 1.82) is 0 Å². The van der Waals surface area contributed by atoms with E-state index in [1.807, 2.05) is 18.5 Å². The van der Waals surface area contributed by atoms with Crippen molar-refractivity contribution in [2.24, 2.45) is 7.05 Å². The molecule has 0 aliphatic heterocycles. The number of aliphatic carboxylic acids is 1. The van der Waals surface area contributed by atoms with E-state index < -0.39 is 11.2 Å². The van der Waals surface area contributed by atoms with Crippen molar-refractivity contribution in [2.75, 3.05) is 0 Å². The maximum Gasteiger partial charge on any atom is 0.317 e. The van der Waals surface area contributed by atoms with Crippen molar-refractivity contribution < 1.29 is 9.90 Å². The third-order valence-corrected chi connectivity index (χ3v) is 3.68. The molecule has 0 saturated heterocycles. The van der Waals surface area contributed by atoms with Crippen LogP contribution < -0.4 is 0 Å². The monoisotopic (exact) mass is 243 g/mol. The van der Waals surface area contributed by atoms with Crippen LogP contribution in [0.25, 0.3) is 0 Å². The smallest absolute Gasteiger partial charge is 0.317 e. The van der Waals surface area contributed by atoms with Gasteiger partial charge in [-0.15, -0.1) is 10.2 Å². The summed E-state index contributed by atoms with van der Waals surface area (Å²) in [6.07, 6.45) is 2.59. The number of nitrogens with zero attached hydrogens (tertiary/aromatic N) is 3. The van der Waals surface area contributed by atoms with Crippen molar-refractivity contribution in [2.45, 2.75) is 43.5 Å². The summed E-state index contributed by atoms with van der Waals surface area (Å²) in [5.74, 6) is 0.0150. The maximum absolute atomic E-state index is 11.0. The highest BCUT2D eigenvalue weighted by atomic mass is 32.2. The number of carbonyl (C=O) groups is 1. The van der Waals surface area contributed by atoms with Crippen LogP contribution in [-0.2, 0) is 11.8 Å². The third kappa shape index (κ3) is 3.23. The molecule has 1 rings (SSSR count). The zero-order valence-corrected chi connectivity index (χ0v) is 10.6. The second-order valence-corrected chi connectivity index (χ2v) is 4.85. The van der Waals surface area contributed by atoms with E-state index >= 15 is 0 Å². The number of aromatic nitrogens is 3. The van der Waals surface area contributed by atoms with Crippen LogP contribution in [0.1, 0.15) is 32.0 Å². The molecule has 1 aromatic heterocycles. The Bertz CT molecular complexity index is 365. The summed E-state index contributed by atoms with van der Waals surface area (Å²) in [6.45, 7) is 3.90. The van der Waals surface area contributed by atoms with Crippen LogP contribution in [0, 0.1) is 6.92 Å². The number of aryl methyl sites for hydroxylation is 1. The molecule has 0 aliphatic rings. The van der Waals surface area contributed by atoms with Crippen molar-refractivity contribution in [3.63, 3.8) is 0 Å². The maximum atomic E-state index is 11.0. The van der Waals surface area contributed by atoms with Crippen molar-refractivity contribution in [1.82, 2.24) is 14.8 Å². The summed E-state index contributed by atoms with van der Waals surface area (Å²) in [5.41, 5.74) is 0.